The molecule has 3 amide bonds. The molecule has 170 valence electrons. The van der Waals surface area contributed by atoms with Crippen LogP contribution >= 0.6 is 0 Å². The second kappa shape index (κ2) is 10.1. The van der Waals surface area contributed by atoms with Crippen molar-refractivity contribution in [3.8, 4) is 5.75 Å². The van der Waals surface area contributed by atoms with E-state index in [0.29, 0.717) is 28.4 Å². The summed E-state index contributed by atoms with van der Waals surface area (Å²) in [6.45, 7) is 3.84. The van der Waals surface area contributed by atoms with Gasteiger partial charge in [-0.1, -0.05) is 23.8 Å². The van der Waals surface area contributed by atoms with Crippen LogP contribution in [0, 0.1) is 6.92 Å². The number of aryl methyl sites for hydroxylation is 1. The lowest BCUT2D eigenvalue weighted by Crippen LogP contribution is -2.24. The van der Waals surface area contributed by atoms with E-state index in [1.165, 1.54) is 0 Å². The molecule has 0 unspecified atom stereocenters. The van der Waals surface area contributed by atoms with E-state index in [1.54, 1.807) is 37.4 Å². The topological polar surface area (TPSA) is 82.7 Å². The number of carbonyl (C=O) groups excluding carboxylic acids is 2. The predicted octanol–water partition coefficient (Wildman–Crippen LogP) is 5.50. The number of urea groups is 1. The van der Waals surface area contributed by atoms with E-state index in [-0.39, 0.29) is 11.9 Å². The first-order valence-electron chi connectivity index (χ1n) is 11.0. The second-order valence-electron chi connectivity index (χ2n) is 8.06. The molecule has 0 atom stereocenters. The number of hydrogen-bond acceptors (Lipinski definition) is 4. The zero-order chi connectivity index (χ0) is 23.2. The first-order valence-corrected chi connectivity index (χ1v) is 11.0. The van der Waals surface area contributed by atoms with Gasteiger partial charge in [0.25, 0.3) is 5.91 Å². The van der Waals surface area contributed by atoms with Crippen molar-refractivity contribution >= 4 is 34.7 Å². The number of benzene rings is 3. The van der Waals surface area contributed by atoms with Gasteiger partial charge in [0.1, 0.15) is 5.75 Å². The molecular formula is C26H28N4O3. The Labute approximate surface area is 193 Å². The van der Waals surface area contributed by atoms with Crippen LogP contribution in [-0.4, -0.2) is 32.1 Å². The van der Waals surface area contributed by atoms with Crippen molar-refractivity contribution in [2.24, 2.45) is 0 Å². The molecule has 7 heteroatoms. The van der Waals surface area contributed by atoms with Gasteiger partial charge in [-0.05, 0) is 62.2 Å². The minimum Gasteiger partial charge on any atom is -0.497 e. The van der Waals surface area contributed by atoms with E-state index in [4.69, 9.17) is 4.74 Å². The van der Waals surface area contributed by atoms with Crippen molar-refractivity contribution in [1.82, 2.24) is 0 Å². The Morgan fingerprint density at radius 2 is 1.58 bits per heavy atom. The monoisotopic (exact) mass is 444 g/mol. The standard InChI is InChI=1S/C26H28N4O3/c1-18-8-10-19(11-9-18)25(31)27-21-12-13-24(30-14-3-4-15-30)23(17-21)29-26(32)28-20-6-5-7-22(16-20)33-2/h5-13,16-17H,3-4,14-15H2,1-2H3,(H,27,31)(H2,28,29,32). The summed E-state index contributed by atoms with van der Waals surface area (Å²) < 4.78 is 5.22. The molecule has 33 heavy (non-hydrogen) atoms. The van der Waals surface area contributed by atoms with E-state index >= 15 is 0 Å². The van der Waals surface area contributed by atoms with Crippen molar-refractivity contribution < 1.29 is 14.3 Å². The average molecular weight is 445 g/mol. The second-order valence-corrected chi connectivity index (χ2v) is 8.06. The lowest BCUT2D eigenvalue weighted by molar-refractivity contribution is 0.102. The quantitative estimate of drug-likeness (QED) is 0.469. The lowest BCUT2D eigenvalue weighted by atomic mass is 10.1. The number of methoxy groups -OCH3 is 1. The van der Waals surface area contributed by atoms with Gasteiger partial charge in [-0.2, -0.15) is 0 Å². The van der Waals surface area contributed by atoms with Gasteiger partial charge >= 0.3 is 6.03 Å². The van der Waals surface area contributed by atoms with Crippen molar-refractivity contribution in [2.45, 2.75) is 19.8 Å². The van der Waals surface area contributed by atoms with Crippen molar-refractivity contribution in [3.63, 3.8) is 0 Å². The largest absolute Gasteiger partial charge is 0.497 e. The molecule has 0 bridgehead atoms. The molecule has 3 aromatic rings. The summed E-state index contributed by atoms with van der Waals surface area (Å²) >= 11 is 0. The molecule has 1 saturated heterocycles. The molecule has 3 aromatic carbocycles. The maximum atomic E-state index is 12.8. The number of hydrogen-bond donors (Lipinski definition) is 3. The zero-order valence-electron chi connectivity index (χ0n) is 18.9. The van der Waals surface area contributed by atoms with Crippen LogP contribution in [0.3, 0.4) is 0 Å². The Hall–Kier alpha value is -4.00. The maximum absolute atomic E-state index is 12.8. The Kier molecular flexibility index (Phi) is 6.78. The fourth-order valence-corrected chi connectivity index (χ4v) is 3.84. The molecule has 0 aliphatic carbocycles. The first-order chi connectivity index (χ1) is 16.0. The molecule has 3 N–H and O–H groups in total. The van der Waals surface area contributed by atoms with Crippen molar-refractivity contribution in [2.75, 3.05) is 41.0 Å². The highest BCUT2D eigenvalue weighted by atomic mass is 16.5. The number of rotatable bonds is 6. The Morgan fingerprint density at radius 1 is 0.848 bits per heavy atom. The molecule has 1 heterocycles. The molecular weight excluding hydrogens is 416 g/mol. The molecule has 0 saturated carbocycles. The van der Waals surface area contributed by atoms with Gasteiger partial charge in [-0.3, -0.25) is 4.79 Å². The number of nitrogens with one attached hydrogen (secondary N) is 3. The fraction of sp³-hybridized carbons (Fsp3) is 0.231. The van der Waals surface area contributed by atoms with Crippen LogP contribution in [0.2, 0.25) is 0 Å². The lowest BCUT2D eigenvalue weighted by Gasteiger charge is -2.22. The number of nitrogens with zero attached hydrogens (tertiary/aromatic N) is 1. The normalized spacial score (nSPS) is 12.8. The average Bonchev–Trinajstić information content (AvgIpc) is 3.34. The fourth-order valence-electron chi connectivity index (χ4n) is 3.84. The SMILES string of the molecule is COc1cccc(NC(=O)Nc2cc(NC(=O)c3ccc(C)cc3)ccc2N2CCCC2)c1. The highest BCUT2D eigenvalue weighted by molar-refractivity contribution is 6.06. The third-order valence-corrected chi connectivity index (χ3v) is 5.59. The van der Waals surface area contributed by atoms with Crippen LogP contribution in [-0.2, 0) is 0 Å². The number of amides is 3. The molecule has 0 aromatic heterocycles. The van der Waals surface area contributed by atoms with E-state index in [1.807, 2.05) is 43.3 Å². The minimum atomic E-state index is -0.370. The van der Waals surface area contributed by atoms with E-state index in [9.17, 15) is 9.59 Å². The van der Waals surface area contributed by atoms with Crippen molar-refractivity contribution in [1.29, 1.82) is 0 Å². The molecule has 1 aliphatic rings. The highest BCUT2D eigenvalue weighted by Crippen LogP contribution is 2.32. The predicted molar refractivity (Wildman–Crippen MR) is 133 cm³/mol. The van der Waals surface area contributed by atoms with E-state index < -0.39 is 0 Å². The molecule has 7 nitrogen and oxygen atoms in total. The molecule has 1 fully saturated rings. The maximum Gasteiger partial charge on any atom is 0.323 e. The Bertz CT molecular complexity index is 1140. The van der Waals surface area contributed by atoms with Crippen LogP contribution in [0.5, 0.6) is 5.75 Å². The van der Waals surface area contributed by atoms with Crippen LogP contribution in [0.1, 0.15) is 28.8 Å². The van der Waals surface area contributed by atoms with Gasteiger partial charge in [0, 0.05) is 36.1 Å². The van der Waals surface area contributed by atoms with Gasteiger partial charge in [-0.15, -0.1) is 0 Å². The van der Waals surface area contributed by atoms with Gasteiger partial charge in [0.2, 0.25) is 0 Å². The third-order valence-electron chi connectivity index (χ3n) is 5.59. The highest BCUT2D eigenvalue weighted by Gasteiger charge is 2.18. The molecule has 0 radical (unpaired) electrons. The van der Waals surface area contributed by atoms with E-state index in [2.05, 4.69) is 20.9 Å². The molecule has 4 rings (SSSR count). The van der Waals surface area contributed by atoms with Crippen LogP contribution in [0.15, 0.2) is 66.7 Å². The van der Waals surface area contributed by atoms with Crippen LogP contribution in [0.4, 0.5) is 27.5 Å². The summed E-state index contributed by atoms with van der Waals surface area (Å²) in [5.74, 6) is 0.460. The van der Waals surface area contributed by atoms with Crippen molar-refractivity contribution in [3.05, 3.63) is 77.9 Å². The summed E-state index contributed by atoms with van der Waals surface area (Å²) in [6, 6.07) is 19.8. The zero-order valence-corrected chi connectivity index (χ0v) is 18.9. The van der Waals surface area contributed by atoms with Gasteiger partial charge < -0.3 is 25.6 Å². The van der Waals surface area contributed by atoms with Crippen LogP contribution < -0.4 is 25.6 Å². The first kappa shape index (κ1) is 22.2. The molecule has 1 aliphatic heterocycles. The van der Waals surface area contributed by atoms with Gasteiger partial charge in [0.15, 0.2) is 0 Å². The summed E-state index contributed by atoms with van der Waals surface area (Å²) in [5.41, 5.74) is 4.48. The third kappa shape index (κ3) is 5.63. The number of carbonyl (C=O) groups is 2. The Morgan fingerprint density at radius 3 is 2.30 bits per heavy atom. The number of anilines is 4. The Balaban J connectivity index is 1.53. The summed E-state index contributed by atoms with van der Waals surface area (Å²) in [4.78, 5) is 27.7. The summed E-state index contributed by atoms with van der Waals surface area (Å²) in [7, 11) is 1.58. The smallest absolute Gasteiger partial charge is 0.323 e. The summed E-state index contributed by atoms with van der Waals surface area (Å²) in [6.07, 6.45) is 2.22. The van der Waals surface area contributed by atoms with E-state index in [0.717, 1.165) is 37.2 Å². The minimum absolute atomic E-state index is 0.198. The van der Waals surface area contributed by atoms with Gasteiger partial charge in [0.05, 0.1) is 18.5 Å². The summed E-state index contributed by atoms with van der Waals surface area (Å²) in [5, 5.41) is 8.72. The van der Waals surface area contributed by atoms with Crippen LogP contribution in [0.25, 0.3) is 0 Å². The van der Waals surface area contributed by atoms with Gasteiger partial charge in [-0.25, -0.2) is 4.79 Å². The molecule has 0 spiro atoms. The number of ether oxygens (including phenoxy) is 1.